The third-order valence-electron chi connectivity index (χ3n) is 4.33. The predicted molar refractivity (Wildman–Crippen MR) is 102 cm³/mol. The van der Waals surface area contributed by atoms with Gasteiger partial charge >= 0.3 is 6.03 Å². The SMILES string of the molecule is CC(C)(C)c1nc2cc(NC(=O)NCCCN3CCOCC3)ccc2o1. The molecule has 1 aromatic heterocycles. The summed E-state index contributed by atoms with van der Waals surface area (Å²) in [7, 11) is 0. The van der Waals surface area contributed by atoms with Crippen molar-refractivity contribution in [1.29, 1.82) is 0 Å². The van der Waals surface area contributed by atoms with Gasteiger partial charge in [-0.05, 0) is 31.2 Å². The number of aromatic nitrogens is 1. The number of hydrogen-bond donors (Lipinski definition) is 2. The Kier molecular flexibility index (Phi) is 5.78. The van der Waals surface area contributed by atoms with E-state index in [9.17, 15) is 4.79 Å². The minimum atomic E-state index is -0.203. The molecule has 0 radical (unpaired) electrons. The maximum absolute atomic E-state index is 12.1. The van der Waals surface area contributed by atoms with Crippen molar-refractivity contribution in [2.24, 2.45) is 0 Å². The Morgan fingerprint density at radius 3 is 2.77 bits per heavy atom. The topological polar surface area (TPSA) is 79.6 Å². The van der Waals surface area contributed by atoms with Gasteiger partial charge in [0, 0.05) is 30.7 Å². The average molecular weight is 360 g/mol. The van der Waals surface area contributed by atoms with Crippen molar-refractivity contribution < 1.29 is 13.9 Å². The lowest BCUT2D eigenvalue weighted by Crippen LogP contribution is -2.38. The lowest BCUT2D eigenvalue weighted by Gasteiger charge is -2.26. The molecule has 1 aromatic carbocycles. The zero-order valence-electron chi connectivity index (χ0n) is 15.8. The van der Waals surface area contributed by atoms with Gasteiger partial charge in [0.1, 0.15) is 5.52 Å². The van der Waals surface area contributed by atoms with Crippen LogP contribution in [0.25, 0.3) is 11.1 Å². The third-order valence-corrected chi connectivity index (χ3v) is 4.33. The molecule has 0 aliphatic carbocycles. The molecule has 1 aliphatic heterocycles. The molecule has 1 aliphatic rings. The van der Waals surface area contributed by atoms with Gasteiger partial charge in [-0.3, -0.25) is 4.90 Å². The van der Waals surface area contributed by atoms with E-state index >= 15 is 0 Å². The van der Waals surface area contributed by atoms with Crippen LogP contribution in [0.15, 0.2) is 22.6 Å². The molecule has 2 aromatic rings. The van der Waals surface area contributed by atoms with Crippen molar-refractivity contribution in [1.82, 2.24) is 15.2 Å². The van der Waals surface area contributed by atoms with Crippen molar-refractivity contribution in [3.05, 3.63) is 24.1 Å². The van der Waals surface area contributed by atoms with E-state index < -0.39 is 0 Å². The van der Waals surface area contributed by atoms with Crippen molar-refractivity contribution in [3.63, 3.8) is 0 Å². The summed E-state index contributed by atoms with van der Waals surface area (Å²) in [6.45, 7) is 11.3. The standard InChI is InChI=1S/C19H28N4O3/c1-19(2,3)17-22-15-13-14(5-6-16(15)26-17)21-18(24)20-7-4-8-23-9-11-25-12-10-23/h5-6,13H,4,7-12H2,1-3H3,(H2,20,21,24). The highest BCUT2D eigenvalue weighted by Crippen LogP contribution is 2.27. The largest absolute Gasteiger partial charge is 0.440 e. The van der Waals surface area contributed by atoms with Gasteiger partial charge in [-0.15, -0.1) is 0 Å². The average Bonchev–Trinajstić information content (AvgIpc) is 3.03. The summed E-state index contributed by atoms with van der Waals surface area (Å²) in [5, 5.41) is 5.75. The molecule has 7 heteroatoms. The molecule has 0 bridgehead atoms. The van der Waals surface area contributed by atoms with Crippen LogP contribution >= 0.6 is 0 Å². The van der Waals surface area contributed by atoms with Crippen molar-refractivity contribution in [2.45, 2.75) is 32.6 Å². The monoisotopic (exact) mass is 360 g/mol. The Balaban J connectivity index is 1.47. The van der Waals surface area contributed by atoms with Gasteiger partial charge in [0.15, 0.2) is 5.58 Å². The maximum atomic E-state index is 12.1. The molecule has 2 N–H and O–H groups in total. The van der Waals surface area contributed by atoms with E-state index in [0.29, 0.717) is 18.1 Å². The highest BCUT2D eigenvalue weighted by Gasteiger charge is 2.21. The number of ether oxygens (including phenoxy) is 1. The van der Waals surface area contributed by atoms with Gasteiger partial charge in [-0.1, -0.05) is 20.8 Å². The van der Waals surface area contributed by atoms with Crippen LogP contribution in [-0.4, -0.2) is 55.3 Å². The number of anilines is 1. The second kappa shape index (κ2) is 8.05. The Bertz CT molecular complexity index is 745. The van der Waals surface area contributed by atoms with E-state index in [-0.39, 0.29) is 11.4 Å². The normalized spacial score (nSPS) is 16.0. The van der Waals surface area contributed by atoms with Crippen LogP contribution in [0.4, 0.5) is 10.5 Å². The highest BCUT2D eigenvalue weighted by molar-refractivity contribution is 5.91. The summed E-state index contributed by atoms with van der Waals surface area (Å²) in [6, 6.07) is 5.30. The lowest BCUT2D eigenvalue weighted by atomic mass is 9.97. The van der Waals surface area contributed by atoms with E-state index in [1.165, 1.54) is 0 Å². The third kappa shape index (κ3) is 4.95. The summed E-state index contributed by atoms with van der Waals surface area (Å²) in [5.74, 6) is 0.692. The van der Waals surface area contributed by atoms with Gasteiger partial charge in [-0.2, -0.15) is 0 Å². The molecule has 142 valence electrons. The molecule has 0 saturated carbocycles. The van der Waals surface area contributed by atoms with E-state index in [0.717, 1.165) is 50.4 Å². The van der Waals surface area contributed by atoms with Crippen molar-refractivity contribution >= 4 is 22.8 Å². The second-order valence-corrected chi connectivity index (χ2v) is 7.64. The van der Waals surface area contributed by atoms with Crippen LogP contribution in [0.1, 0.15) is 33.1 Å². The van der Waals surface area contributed by atoms with Gasteiger partial charge in [0.2, 0.25) is 5.89 Å². The zero-order chi connectivity index (χ0) is 18.6. The van der Waals surface area contributed by atoms with Crippen LogP contribution in [0.5, 0.6) is 0 Å². The number of fused-ring (bicyclic) bond motifs is 1. The van der Waals surface area contributed by atoms with E-state index in [4.69, 9.17) is 9.15 Å². The number of oxazole rings is 1. The molecule has 1 saturated heterocycles. The van der Waals surface area contributed by atoms with E-state index in [1.54, 1.807) is 0 Å². The molecule has 0 spiro atoms. The molecule has 1 fully saturated rings. The first-order valence-electron chi connectivity index (χ1n) is 9.18. The second-order valence-electron chi connectivity index (χ2n) is 7.64. The Labute approximate surface area is 154 Å². The fourth-order valence-corrected chi connectivity index (χ4v) is 2.83. The lowest BCUT2D eigenvalue weighted by molar-refractivity contribution is 0.0375. The number of rotatable bonds is 5. The molecular formula is C19H28N4O3. The first-order valence-corrected chi connectivity index (χ1v) is 9.18. The van der Waals surface area contributed by atoms with Crippen LogP contribution in [0.2, 0.25) is 0 Å². The quantitative estimate of drug-likeness (QED) is 0.802. The minimum Gasteiger partial charge on any atom is -0.440 e. The Hall–Kier alpha value is -2.12. The first kappa shape index (κ1) is 18.7. The van der Waals surface area contributed by atoms with Crippen LogP contribution < -0.4 is 10.6 Å². The van der Waals surface area contributed by atoms with E-state index in [1.807, 2.05) is 18.2 Å². The number of amides is 2. The van der Waals surface area contributed by atoms with Crippen LogP contribution in [0.3, 0.4) is 0 Å². The van der Waals surface area contributed by atoms with Crippen LogP contribution in [-0.2, 0) is 10.2 Å². The zero-order valence-corrected chi connectivity index (χ0v) is 15.8. The molecule has 2 heterocycles. The molecule has 3 rings (SSSR count). The maximum Gasteiger partial charge on any atom is 0.319 e. The van der Waals surface area contributed by atoms with Crippen LogP contribution in [0, 0.1) is 0 Å². The smallest absolute Gasteiger partial charge is 0.319 e. The fraction of sp³-hybridized carbons (Fsp3) is 0.579. The van der Waals surface area contributed by atoms with Gasteiger partial charge in [0.05, 0.1) is 13.2 Å². The fourth-order valence-electron chi connectivity index (χ4n) is 2.83. The Morgan fingerprint density at radius 2 is 2.04 bits per heavy atom. The number of carbonyl (C=O) groups is 1. The summed E-state index contributed by atoms with van der Waals surface area (Å²) in [4.78, 5) is 18.9. The molecule has 26 heavy (non-hydrogen) atoms. The molecule has 0 unspecified atom stereocenters. The molecular weight excluding hydrogens is 332 g/mol. The number of carbonyl (C=O) groups excluding carboxylic acids is 1. The summed E-state index contributed by atoms with van der Waals surface area (Å²) < 4.78 is 11.1. The first-order chi connectivity index (χ1) is 12.4. The van der Waals surface area contributed by atoms with Gasteiger partial charge < -0.3 is 19.8 Å². The number of nitrogens with one attached hydrogen (secondary N) is 2. The number of benzene rings is 1. The molecule has 2 amide bonds. The Morgan fingerprint density at radius 1 is 1.27 bits per heavy atom. The summed E-state index contributed by atoms with van der Waals surface area (Å²) in [5.41, 5.74) is 2.04. The minimum absolute atomic E-state index is 0.148. The van der Waals surface area contributed by atoms with Crippen molar-refractivity contribution in [3.8, 4) is 0 Å². The van der Waals surface area contributed by atoms with Crippen molar-refractivity contribution in [2.75, 3.05) is 44.7 Å². The molecule has 0 atom stereocenters. The summed E-state index contributed by atoms with van der Waals surface area (Å²) >= 11 is 0. The van der Waals surface area contributed by atoms with Gasteiger partial charge in [0.25, 0.3) is 0 Å². The number of hydrogen-bond acceptors (Lipinski definition) is 5. The number of morpholine rings is 1. The van der Waals surface area contributed by atoms with Gasteiger partial charge in [-0.25, -0.2) is 9.78 Å². The predicted octanol–water partition coefficient (Wildman–Crippen LogP) is 2.97. The highest BCUT2D eigenvalue weighted by atomic mass is 16.5. The molecule has 7 nitrogen and oxygen atoms in total. The number of nitrogens with zero attached hydrogens (tertiary/aromatic N) is 2. The van der Waals surface area contributed by atoms with E-state index in [2.05, 4.69) is 41.3 Å². The number of urea groups is 1. The summed E-state index contributed by atoms with van der Waals surface area (Å²) in [6.07, 6.45) is 0.921.